The smallest absolute Gasteiger partial charge is 0.349 e. The molecule has 2 rings (SSSR count). The van der Waals surface area contributed by atoms with Crippen molar-refractivity contribution < 1.29 is 19.2 Å². The van der Waals surface area contributed by atoms with Crippen molar-refractivity contribution in [2.24, 2.45) is 0 Å². The minimum absolute atomic E-state index is 0.0694. The second kappa shape index (κ2) is 7.34. The topological polar surface area (TPSA) is 98.5 Å². The lowest BCUT2D eigenvalue weighted by Crippen LogP contribution is -2.29. The van der Waals surface area contributed by atoms with Gasteiger partial charge in [-0.2, -0.15) is 0 Å². The molecule has 1 atom stereocenters. The van der Waals surface area contributed by atoms with Crippen LogP contribution in [0.25, 0.3) is 0 Å². The Kier molecular flexibility index (Phi) is 5.45. The minimum Gasteiger partial charge on any atom is -0.448 e. The quantitative estimate of drug-likeness (QED) is 0.471. The van der Waals surface area contributed by atoms with Crippen LogP contribution in [-0.2, 0) is 9.53 Å². The summed E-state index contributed by atoms with van der Waals surface area (Å²) < 4.78 is 5.88. The summed E-state index contributed by atoms with van der Waals surface area (Å²) in [5.41, 5.74) is 0.563. The maximum atomic E-state index is 12.0. The minimum atomic E-state index is -1.03. The summed E-state index contributed by atoms with van der Waals surface area (Å²) in [5, 5.41) is 13.0. The molecule has 2 aromatic rings. The maximum Gasteiger partial charge on any atom is 0.349 e. The third kappa shape index (κ3) is 4.60. The number of ether oxygens (including phenoxy) is 1. The van der Waals surface area contributed by atoms with Gasteiger partial charge in [-0.1, -0.05) is 27.3 Å². The Morgan fingerprint density at radius 3 is 2.48 bits per heavy atom. The van der Waals surface area contributed by atoms with Gasteiger partial charge in [-0.05, 0) is 37.3 Å². The Labute approximate surface area is 143 Å². The van der Waals surface area contributed by atoms with Gasteiger partial charge in [-0.25, -0.2) is 4.79 Å². The number of hydrogen-bond donors (Lipinski definition) is 1. The number of benzene rings is 1. The van der Waals surface area contributed by atoms with E-state index < -0.39 is 22.9 Å². The Morgan fingerprint density at radius 2 is 1.91 bits per heavy atom. The molecule has 9 heteroatoms. The molecule has 0 spiro atoms. The number of amides is 1. The molecule has 23 heavy (non-hydrogen) atoms. The van der Waals surface area contributed by atoms with Crippen LogP contribution in [0.2, 0.25) is 0 Å². The molecule has 0 unspecified atom stereocenters. The predicted molar refractivity (Wildman–Crippen MR) is 88.6 cm³/mol. The number of halogens is 1. The highest BCUT2D eigenvalue weighted by Gasteiger charge is 2.22. The molecule has 1 aromatic heterocycles. The largest absolute Gasteiger partial charge is 0.448 e. The molecule has 0 aliphatic heterocycles. The van der Waals surface area contributed by atoms with Gasteiger partial charge in [0.25, 0.3) is 5.91 Å². The fourth-order valence-corrected chi connectivity index (χ4v) is 2.55. The first-order chi connectivity index (χ1) is 10.9. The van der Waals surface area contributed by atoms with Gasteiger partial charge in [0.1, 0.15) is 4.88 Å². The van der Waals surface area contributed by atoms with Gasteiger partial charge in [-0.3, -0.25) is 14.9 Å². The van der Waals surface area contributed by atoms with Gasteiger partial charge in [0.05, 0.1) is 4.92 Å². The maximum absolute atomic E-state index is 12.0. The highest BCUT2D eigenvalue weighted by molar-refractivity contribution is 9.10. The SMILES string of the molecule is C[C@@H](OC(=O)c1ccc([N+](=O)[O-])s1)C(=O)Nc1ccc(Br)cc1. The first-order valence-corrected chi connectivity index (χ1v) is 7.99. The van der Waals surface area contributed by atoms with Crippen molar-refractivity contribution in [2.75, 3.05) is 5.32 Å². The monoisotopic (exact) mass is 398 g/mol. The molecule has 0 radical (unpaired) electrons. The number of hydrogen-bond acceptors (Lipinski definition) is 6. The second-order valence-corrected chi connectivity index (χ2v) is 6.42. The summed E-state index contributed by atoms with van der Waals surface area (Å²) in [5.74, 6) is -1.27. The van der Waals surface area contributed by atoms with Crippen molar-refractivity contribution in [1.29, 1.82) is 0 Å². The molecule has 0 aliphatic carbocycles. The number of anilines is 1. The van der Waals surface area contributed by atoms with E-state index in [1.165, 1.54) is 19.1 Å². The number of rotatable bonds is 5. The van der Waals surface area contributed by atoms with Crippen LogP contribution in [0.5, 0.6) is 0 Å². The molecular formula is C14H11BrN2O5S. The molecule has 1 heterocycles. The lowest BCUT2D eigenvalue weighted by molar-refractivity contribution is -0.380. The van der Waals surface area contributed by atoms with Crippen LogP contribution >= 0.6 is 27.3 Å². The van der Waals surface area contributed by atoms with Crippen molar-refractivity contribution in [1.82, 2.24) is 0 Å². The van der Waals surface area contributed by atoms with E-state index >= 15 is 0 Å². The normalized spacial score (nSPS) is 11.6. The van der Waals surface area contributed by atoms with E-state index in [0.29, 0.717) is 17.0 Å². The summed E-state index contributed by atoms with van der Waals surface area (Å²) >= 11 is 3.98. The number of nitro groups is 1. The average molecular weight is 399 g/mol. The van der Waals surface area contributed by atoms with Crippen molar-refractivity contribution >= 4 is 49.8 Å². The first-order valence-electron chi connectivity index (χ1n) is 6.38. The molecule has 0 saturated carbocycles. The van der Waals surface area contributed by atoms with Gasteiger partial charge in [0.2, 0.25) is 0 Å². The predicted octanol–water partition coefficient (Wildman–Crippen LogP) is 3.60. The fraction of sp³-hybridized carbons (Fsp3) is 0.143. The van der Waals surface area contributed by atoms with Gasteiger partial charge < -0.3 is 10.1 Å². The lowest BCUT2D eigenvalue weighted by Gasteiger charge is -2.12. The highest BCUT2D eigenvalue weighted by atomic mass is 79.9. The number of nitrogens with zero attached hydrogens (tertiary/aromatic N) is 1. The third-order valence-corrected chi connectivity index (χ3v) is 4.28. The van der Waals surface area contributed by atoms with E-state index in [0.717, 1.165) is 4.47 Å². The molecule has 120 valence electrons. The fourth-order valence-electron chi connectivity index (χ4n) is 1.58. The van der Waals surface area contributed by atoms with Crippen LogP contribution in [0.4, 0.5) is 10.7 Å². The molecule has 0 fully saturated rings. The van der Waals surface area contributed by atoms with Crippen molar-refractivity contribution in [3.8, 4) is 0 Å². The Hall–Kier alpha value is -2.26. The third-order valence-electron chi connectivity index (χ3n) is 2.74. The van der Waals surface area contributed by atoms with Crippen LogP contribution in [0, 0.1) is 10.1 Å². The number of nitrogens with one attached hydrogen (secondary N) is 1. The summed E-state index contributed by atoms with van der Waals surface area (Å²) in [7, 11) is 0. The Bertz CT molecular complexity index is 744. The molecular weight excluding hydrogens is 388 g/mol. The number of thiophene rings is 1. The number of carbonyl (C=O) groups is 2. The first kappa shape index (κ1) is 17.1. The van der Waals surface area contributed by atoms with E-state index in [2.05, 4.69) is 21.2 Å². The van der Waals surface area contributed by atoms with Crippen LogP contribution in [0.1, 0.15) is 16.6 Å². The van der Waals surface area contributed by atoms with Crippen LogP contribution < -0.4 is 5.32 Å². The lowest BCUT2D eigenvalue weighted by atomic mass is 10.3. The Balaban J connectivity index is 1.95. The van der Waals surface area contributed by atoms with E-state index in [-0.39, 0.29) is 9.88 Å². The van der Waals surface area contributed by atoms with Crippen molar-refractivity contribution in [2.45, 2.75) is 13.0 Å². The highest BCUT2D eigenvalue weighted by Crippen LogP contribution is 2.24. The Morgan fingerprint density at radius 1 is 1.26 bits per heavy atom. The van der Waals surface area contributed by atoms with Crippen molar-refractivity contribution in [3.05, 3.63) is 55.9 Å². The summed E-state index contributed by atoms with van der Waals surface area (Å²) in [4.78, 5) is 33.9. The van der Waals surface area contributed by atoms with E-state index in [1.807, 2.05) is 0 Å². The van der Waals surface area contributed by atoms with E-state index in [1.54, 1.807) is 24.3 Å². The molecule has 1 aromatic carbocycles. The number of esters is 1. The van der Waals surface area contributed by atoms with Gasteiger partial charge in [0, 0.05) is 16.2 Å². The zero-order valence-electron chi connectivity index (χ0n) is 11.8. The molecule has 0 saturated heterocycles. The summed E-state index contributed by atoms with van der Waals surface area (Å²) in [6, 6.07) is 9.42. The molecule has 0 aliphatic rings. The van der Waals surface area contributed by atoms with E-state index in [4.69, 9.17) is 4.74 Å². The average Bonchev–Trinajstić information content (AvgIpc) is 2.99. The molecule has 1 amide bonds. The van der Waals surface area contributed by atoms with Crippen LogP contribution in [0.15, 0.2) is 40.9 Å². The van der Waals surface area contributed by atoms with E-state index in [9.17, 15) is 19.7 Å². The van der Waals surface area contributed by atoms with Gasteiger partial charge in [-0.15, -0.1) is 0 Å². The molecule has 0 bridgehead atoms. The van der Waals surface area contributed by atoms with Crippen molar-refractivity contribution in [3.63, 3.8) is 0 Å². The van der Waals surface area contributed by atoms with Gasteiger partial charge >= 0.3 is 11.0 Å². The van der Waals surface area contributed by atoms with Crippen LogP contribution in [-0.4, -0.2) is 22.9 Å². The summed E-state index contributed by atoms with van der Waals surface area (Å²) in [6.07, 6.45) is -1.03. The zero-order chi connectivity index (χ0) is 17.0. The zero-order valence-corrected chi connectivity index (χ0v) is 14.2. The molecule has 7 nitrogen and oxygen atoms in total. The second-order valence-electron chi connectivity index (χ2n) is 4.44. The van der Waals surface area contributed by atoms with Gasteiger partial charge in [0.15, 0.2) is 6.10 Å². The number of carbonyl (C=O) groups excluding carboxylic acids is 2. The standard InChI is InChI=1S/C14H11BrN2O5S/c1-8(13(18)16-10-4-2-9(15)3-5-10)22-14(19)11-6-7-12(23-11)17(20)21/h2-8H,1H3,(H,16,18)/t8-/m1/s1. The summed E-state index contributed by atoms with van der Waals surface area (Å²) in [6.45, 7) is 1.42. The van der Waals surface area contributed by atoms with Crippen LogP contribution in [0.3, 0.4) is 0 Å². The molecule has 1 N–H and O–H groups in total.